The number of rotatable bonds is 7. The molecular formula is C28H31N3O4S. The molecular weight excluding hydrogens is 474 g/mol. The van der Waals surface area contributed by atoms with Gasteiger partial charge >= 0.3 is 11.9 Å². The highest BCUT2D eigenvalue weighted by Crippen LogP contribution is 2.31. The first-order chi connectivity index (χ1) is 17.1. The van der Waals surface area contributed by atoms with Crippen molar-refractivity contribution in [2.24, 2.45) is 16.8 Å². The van der Waals surface area contributed by atoms with Gasteiger partial charge in [0.1, 0.15) is 10.5 Å². The molecule has 2 heterocycles. The molecule has 1 aliphatic heterocycles. The topological polar surface area (TPSA) is 94.2 Å². The molecule has 0 unspecified atom stereocenters. The molecule has 188 valence electrons. The van der Waals surface area contributed by atoms with Crippen LogP contribution in [-0.2, 0) is 20.9 Å². The van der Waals surface area contributed by atoms with E-state index in [0.29, 0.717) is 23.5 Å². The maximum absolute atomic E-state index is 12.5. The third kappa shape index (κ3) is 6.38. The molecule has 1 saturated heterocycles. The molecule has 4 rings (SSSR count). The zero-order valence-corrected chi connectivity index (χ0v) is 21.8. The molecule has 7 nitrogen and oxygen atoms in total. The normalized spacial score (nSPS) is 14.8. The first-order valence-corrected chi connectivity index (χ1v) is 12.7. The van der Waals surface area contributed by atoms with Crippen LogP contribution in [0.1, 0.15) is 46.4 Å². The van der Waals surface area contributed by atoms with Crippen molar-refractivity contribution in [3.05, 3.63) is 81.5 Å². The molecule has 1 aromatic heterocycles. The minimum absolute atomic E-state index is 0.0723. The molecule has 0 amide bonds. The number of hydrogen-bond donors (Lipinski definition) is 1. The second-order valence-corrected chi connectivity index (χ2v) is 11.2. The maximum Gasteiger partial charge on any atom is 0.375 e. The van der Waals surface area contributed by atoms with Crippen molar-refractivity contribution in [2.45, 2.75) is 39.8 Å². The van der Waals surface area contributed by atoms with Gasteiger partial charge in [-0.05, 0) is 50.5 Å². The number of hydrogen-bond acceptors (Lipinski definition) is 7. The Kier molecular flexibility index (Phi) is 7.56. The average Bonchev–Trinajstić information content (AvgIpc) is 3.20. The lowest BCUT2D eigenvalue weighted by Gasteiger charge is -2.38. The second kappa shape index (κ2) is 10.6. The monoisotopic (exact) mass is 505 g/mol. The molecule has 8 heteroatoms. The van der Waals surface area contributed by atoms with Crippen LogP contribution in [0, 0.1) is 12.8 Å². The van der Waals surface area contributed by atoms with Crippen LogP contribution < -0.4 is 5.73 Å². The summed E-state index contributed by atoms with van der Waals surface area (Å²) in [7, 11) is 0. The molecule has 36 heavy (non-hydrogen) atoms. The summed E-state index contributed by atoms with van der Waals surface area (Å²) >= 11 is 1.37. The van der Waals surface area contributed by atoms with Gasteiger partial charge in [-0.1, -0.05) is 59.8 Å². The number of carbonyl (C=O) groups excluding carboxylic acids is 2. The fourth-order valence-electron chi connectivity index (χ4n) is 3.95. The van der Waals surface area contributed by atoms with Crippen LogP contribution in [-0.4, -0.2) is 41.4 Å². The number of nitrogens with zero attached hydrogens (tertiary/aromatic N) is 2. The van der Waals surface area contributed by atoms with E-state index >= 15 is 0 Å². The Hall–Kier alpha value is -3.49. The highest BCUT2D eigenvalue weighted by Gasteiger charge is 2.35. The summed E-state index contributed by atoms with van der Waals surface area (Å²) in [6.07, 6.45) is 0. The summed E-state index contributed by atoms with van der Waals surface area (Å²) in [5.41, 5.74) is 9.39. The smallest absolute Gasteiger partial charge is 0.375 e. The predicted molar refractivity (Wildman–Crippen MR) is 142 cm³/mol. The quantitative estimate of drug-likeness (QED) is 0.160. The van der Waals surface area contributed by atoms with Gasteiger partial charge in [0.2, 0.25) is 0 Å². The van der Waals surface area contributed by atoms with Gasteiger partial charge < -0.3 is 15.3 Å². The number of thiophene rings is 1. The Morgan fingerprint density at radius 3 is 2.39 bits per heavy atom. The largest absolute Gasteiger partial charge is 0.460 e. The molecule has 1 fully saturated rings. The van der Waals surface area contributed by atoms with Crippen LogP contribution in [0.3, 0.4) is 0 Å². The van der Waals surface area contributed by atoms with Gasteiger partial charge in [-0.2, -0.15) is 0 Å². The predicted octanol–water partition coefficient (Wildman–Crippen LogP) is 4.97. The zero-order chi connectivity index (χ0) is 25.9. The van der Waals surface area contributed by atoms with Gasteiger partial charge in [-0.25, -0.2) is 4.79 Å². The van der Waals surface area contributed by atoms with Gasteiger partial charge in [-0.15, -0.1) is 11.3 Å². The number of aryl methyl sites for hydroxylation is 1. The Labute approximate surface area is 215 Å². The van der Waals surface area contributed by atoms with Crippen molar-refractivity contribution >= 4 is 29.1 Å². The van der Waals surface area contributed by atoms with Crippen LogP contribution in [0.5, 0.6) is 0 Å². The number of nitrogens with two attached hydrogens (primary N) is 1. The molecule has 0 aliphatic carbocycles. The molecule has 0 spiro atoms. The fourth-order valence-corrected chi connectivity index (χ4v) is 4.86. The summed E-state index contributed by atoms with van der Waals surface area (Å²) in [6, 6.07) is 19.3. The third-order valence-electron chi connectivity index (χ3n) is 5.78. The standard InChI is InChI=1S/C28H31N3O4S/c1-18-23(20-8-6-5-7-9-20)14-24(36-18)27(33)35-30-25(29)21-12-10-19(11-13-21)15-31-16-22(17-31)26(32)34-28(2,3)4/h5-14,22H,15-17H2,1-4H3,(H2,29,30). The minimum atomic E-state index is -0.540. The van der Waals surface area contributed by atoms with Gasteiger partial charge in [0.05, 0.1) is 5.92 Å². The first kappa shape index (κ1) is 25.6. The zero-order valence-electron chi connectivity index (χ0n) is 21.0. The van der Waals surface area contributed by atoms with Crippen molar-refractivity contribution in [3.8, 4) is 11.1 Å². The van der Waals surface area contributed by atoms with Crippen molar-refractivity contribution in [1.82, 2.24) is 4.90 Å². The summed E-state index contributed by atoms with van der Waals surface area (Å²) in [5.74, 6) is -0.624. The molecule has 2 N–H and O–H groups in total. The number of ether oxygens (including phenoxy) is 1. The molecule has 0 atom stereocenters. The van der Waals surface area contributed by atoms with E-state index in [1.54, 1.807) is 0 Å². The number of oxime groups is 1. The lowest BCUT2D eigenvalue weighted by atomic mass is 9.98. The van der Waals surface area contributed by atoms with E-state index in [1.165, 1.54) is 11.3 Å². The van der Waals surface area contributed by atoms with Gasteiger partial charge in [0.15, 0.2) is 5.84 Å². The molecule has 1 aliphatic rings. The fraction of sp³-hybridized carbons (Fsp3) is 0.321. The van der Waals surface area contributed by atoms with E-state index in [0.717, 1.165) is 28.1 Å². The van der Waals surface area contributed by atoms with Gasteiger partial charge in [0, 0.05) is 30.1 Å². The highest BCUT2D eigenvalue weighted by atomic mass is 32.1. The summed E-state index contributed by atoms with van der Waals surface area (Å²) in [6.45, 7) is 9.71. The van der Waals surface area contributed by atoms with E-state index < -0.39 is 11.6 Å². The Morgan fingerprint density at radius 2 is 1.75 bits per heavy atom. The first-order valence-electron chi connectivity index (χ1n) is 11.8. The lowest BCUT2D eigenvalue weighted by Crippen LogP contribution is -2.51. The van der Waals surface area contributed by atoms with E-state index in [-0.39, 0.29) is 17.7 Å². The third-order valence-corrected chi connectivity index (χ3v) is 6.81. The Balaban J connectivity index is 1.29. The van der Waals surface area contributed by atoms with E-state index in [9.17, 15) is 9.59 Å². The second-order valence-electron chi connectivity index (χ2n) is 9.92. The number of esters is 1. The van der Waals surface area contributed by atoms with Crippen molar-refractivity contribution in [1.29, 1.82) is 0 Å². The van der Waals surface area contributed by atoms with Crippen LogP contribution in [0.4, 0.5) is 0 Å². The van der Waals surface area contributed by atoms with Crippen LogP contribution in [0.15, 0.2) is 65.8 Å². The van der Waals surface area contributed by atoms with Gasteiger partial charge in [0.25, 0.3) is 0 Å². The Bertz CT molecular complexity index is 1250. The molecule has 2 aromatic carbocycles. The molecule has 0 radical (unpaired) electrons. The van der Waals surface area contributed by atoms with E-state index in [1.807, 2.05) is 88.4 Å². The van der Waals surface area contributed by atoms with E-state index in [2.05, 4.69) is 10.1 Å². The average molecular weight is 506 g/mol. The summed E-state index contributed by atoms with van der Waals surface area (Å²) in [4.78, 5) is 33.5. The molecule has 0 bridgehead atoms. The van der Waals surface area contributed by atoms with Crippen LogP contribution >= 0.6 is 11.3 Å². The molecule has 3 aromatic rings. The van der Waals surface area contributed by atoms with Crippen molar-refractivity contribution < 1.29 is 19.2 Å². The number of benzene rings is 2. The minimum Gasteiger partial charge on any atom is -0.460 e. The highest BCUT2D eigenvalue weighted by molar-refractivity contribution is 7.14. The van der Waals surface area contributed by atoms with Crippen molar-refractivity contribution in [3.63, 3.8) is 0 Å². The SMILES string of the molecule is Cc1sc(C(=O)O/N=C(\N)c2ccc(CN3CC(C(=O)OC(C)(C)C)C3)cc2)cc1-c1ccccc1. The molecule has 0 saturated carbocycles. The maximum atomic E-state index is 12.5. The number of amidine groups is 1. The number of carbonyl (C=O) groups is 2. The van der Waals surface area contributed by atoms with Crippen LogP contribution in [0.25, 0.3) is 11.1 Å². The Morgan fingerprint density at radius 1 is 1.08 bits per heavy atom. The lowest BCUT2D eigenvalue weighted by molar-refractivity contribution is -0.166. The number of likely N-dealkylation sites (tertiary alicyclic amines) is 1. The van der Waals surface area contributed by atoms with Gasteiger partial charge in [-0.3, -0.25) is 9.69 Å². The van der Waals surface area contributed by atoms with Crippen LogP contribution in [0.2, 0.25) is 0 Å². The van der Waals surface area contributed by atoms with E-state index in [4.69, 9.17) is 15.3 Å². The summed E-state index contributed by atoms with van der Waals surface area (Å²) < 4.78 is 5.45. The summed E-state index contributed by atoms with van der Waals surface area (Å²) in [5, 5.41) is 3.85. The van der Waals surface area contributed by atoms with Crippen molar-refractivity contribution in [2.75, 3.05) is 13.1 Å².